The molecule has 10 heavy (non-hydrogen) atoms. The summed E-state index contributed by atoms with van der Waals surface area (Å²) >= 11 is 0. The van der Waals surface area contributed by atoms with Gasteiger partial charge >= 0.3 is 0 Å². The van der Waals surface area contributed by atoms with Crippen LogP contribution in [0, 0.1) is 0 Å². The summed E-state index contributed by atoms with van der Waals surface area (Å²) in [4.78, 5) is 4.02. The first-order valence-corrected chi connectivity index (χ1v) is 3.25. The van der Waals surface area contributed by atoms with E-state index in [1.165, 1.54) is 0 Å². The van der Waals surface area contributed by atoms with Crippen molar-refractivity contribution in [3.8, 4) is 0 Å². The van der Waals surface area contributed by atoms with Crippen LogP contribution in [0.4, 0.5) is 0 Å². The topological polar surface area (TPSA) is 37.1 Å². The second-order valence-corrected chi connectivity index (χ2v) is 2.26. The maximum atomic E-state index is 4.03. The molecule has 0 bridgehead atoms. The van der Waals surface area contributed by atoms with Gasteiger partial charge in [0.05, 0.1) is 0 Å². The maximum Gasteiger partial charge on any atom is 0.103 e. The summed E-state index contributed by atoms with van der Waals surface area (Å²) in [5, 5.41) is 7.83. The number of hydrogen-bond acceptors (Lipinski definition) is 3. The molecule has 0 fully saturated rings. The molecule has 0 saturated carbocycles. The molecule has 0 aromatic carbocycles. The minimum Gasteiger partial charge on any atom is -0.269 e. The molecule has 0 N–H and O–H groups in total. The molecule has 0 saturated heterocycles. The predicted octanol–water partition coefficient (Wildman–Crippen LogP) is 1.69. The monoisotopic (exact) mass is 133 g/mol. The normalized spacial score (nSPS) is 28.0. The second-order valence-electron chi connectivity index (χ2n) is 2.26. The molecule has 3 nitrogen and oxygen atoms in total. The van der Waals surface area contributed by atoms with Crippen molar-refractivity contribution in [2.75, 3.05) is 0 Å². The summed E-state index contributed by atoms with van der Waals surface area (Å²) in [6.45, 7) is 0. The smallest absolute Gasteiger partial charge is 0.103 e. The fraction of sp³-hybridized carbons (Fsp3) is 0.286. The van der Waals surface area contributed by atoms with Crippen LogP contribution in [0.5, 0.6) is 0 Å². The van der Waals surface area contributed by atoms with E-state index in [2.05, 4.69) is 15.2 Å². The average Bonchev–Trinajstić information content (AvgIpc) is 2.05. The second kappa shape index (κ2) is 2.17. The Hall–Kier alpha value is -1.25. The Morgan fingerprint density at radius 1 is 1.50 bits per heavy atom. The van der Waals surface area contributed by atoms with Gasteiger partial charge < -0.3 is 0 Å². The molecular formula is C7H7N3. The van der Waals surface area contributed by atoms with Gasteiger partial charge in [0.25, 0.3) is 0 Å². The van der Waals surface area contributed by atoms with Crippen LogP contribution in [0.25, 0.3) is 0 Å². The Bertz CT molecular complexity index is 248. The first-order chi connectivity index (χ1) is 4.97. The number of hydrogen-bond donors (Lipinski definition) is 0. The number of rotatable bonds is 0. The molecule has 2 aliphatic heterocycles. The molecule has 3 heteroatoms. The van der Waals surface area contributed by atoms with E-state index in [0.29, 0.717) is 0 Å². The van der Waals surface area contributed by atoms with Gasteiger partial charge in [-0.2, -0.15) is 10.2 Å². The zero-order valence-corrected chi connectivity index (χ0v) is 5.44. The fourth-order valence-electron chi connectivity index (χ4n) is 1.03. The first kappa shape index (κ1) is 5.53. The van der Waals surface area contributed by atoms with E-state index in [9.17, 15) is 0 Å². The van der Waals surface area contributed by atoms with Gasteiger partial charge in [-0.05, 0) is 11.6 Å². The summed E-state index contributed by atoms with van der Waals surface area (Å²) in [6, 6.07) is 0.238. The van der Waals surface area contributed by atoms with Crippen LogP contribution in [-0.4, -0.2) is 12.3 Å². The quantitative estimate of drug-likeness (QED) is 0.482. The third-order valence-electron chi connectivity index (χ3n) is 1.58. The SMILES string of the molecule is C1=CC2=CN=CCC2N=N1. The van der Waals surface area contributed by atoms with Crippen molar-refractivity contribution in [1.82, 2.24) is 0 Å². The van der Waals surface area contributed by atoms with Crippen LogP contribution in [0.1, 0.15) is 6.42 Å². The van der Waals surface area contributed by atoms with E-state index in [0.717, 1.165) is 12.0 Å². The van der Waals surface area contributed by atoms with Crippen LogP contribution in [0.15, 0.2) is 39.3 Å². The molecule has 2 rings (SSSR count). The van der Waals surface area contributed by atoms with E-state index in [-0.39, 0.29) is 6.04 Å². The van der Waals surface area contributed by atoms with Crippen molar-refractivity contribution < 1.29 is 0 Å². The zero-order valence-electron chi connectivity index (χ0n) is 5.44. The Kier molecular flexibility index (Phi) is 1.20. The largest absolute Gasteiger partial charge is 0.269 e. The molecule has 0 aromatic rings. The summed E-state index contributed by atoms with van der Waals surface area (Å²) in [5.41, 5.74) is 1.16. The number of azo groups is 1. The molecule has 0 aromatic heterocycles. The highest BCUT2D eigenvalue weighted by atomic mass is 15.1. The lowest BCUT2D eigenvalue weighted by Gasteiger charge is -2.13. The van der Waals surface area contributed by atoms with Crippen molar-refractivity contribution in [3.63, 3.8) is 0 Å². The van der Waals surface area contributed by atoms with E-state index in [1.54, 1.807) is 6.20 Å². The Balaban J connectivity index is 2.34. The highest BCUT2D eigenvalue weighted by molar-refractivity contribution is 5.63. The molecular weight excluding hydrogens is 126 g/mol. The highest BCUT2D eigenvalue weighted by Crippen LogP contribution is 2.18. The van der Waals surface area contributed by atoms with Crippen LogP contribution >= 0.6 is 0 Å². The molecule has 0 spiro atoms. The van der Waals surface area contributed by atoms with Crippen LogP contribution < -0.4 is 0 Å². The van der Waals surface area contributed by atoms with Crippen LogP contribution in [0.3, 0.4) is 0 Å². The van der Waals surface area contributed by atoms with Gasteiger partial charge in [0.2, 0.25) is 0 Å². The van der Waals surface area contributed by atoms with Crippen LogP contribution in [-0.2, 0) is 0 Å². The molecule has 0 amide bonds. The van der Waals surface area contributed by atoms with Crippen molar-refractivity contribution in [2.24, 2.45) is 15.2 Å². The number of nitrogens with zero attached hydrogens (tertiary/aromatic N) is 3. The maximum absolute atomic E-state index is 4.03. The summed E-state index contributed by atoms with van der Waals surface area (Å²) in [6.07, 6.45) is 8.24. The van der Waals surface area contributed by atoms with Gasteiger partial charge in [0, 0.05) is 25.0 Å². The Morgan fingerprint density at radius 2 is 2.50 bits per heavy atom. The third-order valence-corrected chi connectivity index (χ3v) is 1.58. The standard InChI is InChI=1S/C7H7N3/c1-4-9-10-7-2-3-8-5-6(1)7/h1,3-5,7H,2H2. The van der Waals surface area contributed by atoms with E-state index >= 15 is 0 Å². The lowest BCUT2D eigenvalue weighted by Crippen LogP contribution is -2.11. The summed E-state index contributed by atoms with van der Waals surface area (Å²) < 4.78 is 0. The lowest BCUT2D eigenvalue weighted by atomic mass is 10.0. The molecule has 0 aliphatic carbocycles. The van der Waals surface area contributed by atoms with Crippen molar-refractivity contribution in [1.29, 1.82) is 0 Å². The minimum absolute atomic E-state index is 0.238. The number of fused-ring (bicyclic) bond motifs is 1. The van der Waals surface area contributed by atoms with E-state index in [1.807, 2.05) is 18.5 Å². The van der Waals surface area contributed by atoms with Gasteiger partial charge in [-0.1, -0.05) is 0 Å². The Labute approximate surface area is 58.9 Å². The van der Waals surface area contributed by atoms with E-state index < -0.39 is 0 Å². The zero-order chi connectivity index (χ0) is 6.81. The van der Waals surface area contributed by atoms with Gasteiger partial charge in [-0.15, -0.1) is 0 Å². The van der Waals surface area contributed by atoms with Crippen molar-refractivity contribution in [2.45, 2.75) is 12.5 Å². The number of aliphatic imine (C=N–C) groups is 1. The van der Waals surface area contributed by atoms with Gasteiger partial charge in [0.1, 0.15) is 6.04 Å². The van der Waals surface area contributed by atoms with Gasteiger partial charge in [-0.25, -0.2) is 0 Å². The summed E-state index contributed by atoms with van der Waals surface area (Å²) in [5.74, 6) is 0. The summed E-state index contributed by atoms with van der Waals surface area (Å²) in [7, 11) is 0. The van der Waals surface area contributed by atoms with Crippen LogP contribution in [0.2, 0.25) is 0 Å². The molecule has 2 heterocycles. The predicted molar refractivity (Wildman–Crippen MR) is 39.0 cm³/mol. The third kappa shape index (κ3) is 0.795. The van der Waals surface area contributed by atoms with Gasteiger partial charge in [0.15, 0.2) is 0 Å². The fourth-order valence-corrected chi connectivity index (χ4v) is 1.03. The van der Waals surface area contributed by atoms with Crippen molar-refractivity contribution >= 4 is 6.21 Å². The minimum atomic E-state index is 0.238. The Morgan fingerprint density at radius 3 is 3.40 bits per heavy atom. The highest BCUT2D eigenvalue weighted by Gasteiger charge is 2.14. The van der Waals surface area contributed by atoms with E-state index in [4.69, 9.17) is 0 Å². The van der Waals surface area contributed by atoms with Gasteiger partial charge in [-0.3, -0.25) is 4.99 Å². The molecule has 2 aliphatic rings. The molecule has 0 radical (unpaired) electrons. The molecule has 1 unspecified atom stereocenters. The average molecular weight is 133 g/mol. The molecule has 1 atom stereocenters. The first-order valence-electron chi connectivity index (χ1n) is 3.25. The molecule has 50 valence electrons. The lowest BCUT2D eigenvalue weighted by molar-refractivity contribution is 0.753. The van der Waals surface area contributed by atoms with Crippen molar-refractivity contribution in [3.05, 3.63) is 24.0 Å².